The number of benzene rings is 3. The van der Waals surface area contributed by atoms with Crippen molar-refractivity contribution in [2.75, 3.05) is 9.80 Å². The van der Waals surface area contributed by atoms with Crippen molar-refractivity contribution in [3.63, 3.8) is 0 Å². The number of para-hydroxylation sites is 1. The van der Waals surface area contributed by atoms with E-state index in [-0.39, 0.29) is 12.0 Å². The molecule has 0 fully saturated rings. The van der Waals surface area contributed by atoms with Gasteiger partial charge in [-0.3, -0.25) is 0 Å². The fraction of sp³-hybridized carbons (Fsp3) is 0.130. The van der Waals surface area contributed by atoms with E-state index in [1.54, 1.807) is 6.07 Å². The minimum Gasteiger partial charge on any atom is -0.454 e. The third-order valence-electron chi connectivity index (χ3n) is 5.28. The highest BCUT2D eigenvalue weighted by molar-refractivity contribution is 6.09. The molecule has 0 saturated heterocycles. The average molecular weight is 358 g/mol. The molecule has 4 heteroatoms. The van der Waals surface area contributed by atoms with Crippen molar-refractivity contribution < 1.29 is 8.81 Å². The summed E-state index contributed by atoms with van der Waals surface area (Å²) < 4.78 is 19.8. The molecule has 1 atom stereocenters. The van der Waals surface area contributed by atoms with Crippen LogP contribution in [0.4, 0.5) is 15.8 Å². The fourth-order valence-electron chi connectivity index (χ4n) is 3.91. The van der Waals surface area contributed by atoms with Gasteiger partial charge in [-0.2, -0.15) is 0 Å². The zero-order valence-electron chi connectivity index (χ0n) is 15.2. The summed E-state index contributed by atoms with van der Waals surface area (Å²) in [6.45, 7) is 4.24. The van der Waals surface area contributed by atoms with Gasteiger partial charge in [0, 0.05) is 34.9 Å². The van der Waals surface area contributed by atoms with E-state index in [4.69, 9.17) is 4.42 Å². The highest BCUT2D eigenvalue weighted by Crippen LogP contribution is 2.40. The molecule has 4 aromatic rings. The van der Waals surface area contributed by atoms with Crippen LogP contribution in [-0.2, 0) is 0 Å². The summed E-state index contributed by atoms with van der Waals surface area (Å²) in [5.74, 6) is -0.287. The predicted octanol–water partition coefficient (Wildman–Crippen LogP) is 6.18. The van der Waals surface area contributed by atoms with E-state index in [1.165, 1.54) is 12.1 Å². The summed E-state index contributed by atoms with van der Waals surface area (Å²) in [7, 11) is 0. The standard InChI is InChI=1S/C23H19FN2O/c1-15-8-10-20-19-11-9-17(24)14-21(19)27-23(20)22(15)26-13-12-25(16(26)2)18-6-4-3-5-7-18/h3-14,16H,1-2H3. The maximum atomic E-state index is 13.7. The lowest BCUT2D eigenvalue weighted by Gasteiger charge is -2.30. The van der Waals surface area contributed by atoms with Crippen molar-refractivity contribution >= 4 is 33.3 Å². The minimum absolute atomic E-state index is 0.0987. The van der Waals surface area contributed by atoms with Crippen molar-refractivity contribution in [3.05, 3.63) is 84.4 Å². The number of aryl methyl sites for hydroxylation is 1. The molecule has 2 heterocycles. The van der Waals surface area contributed by atoms with E-state index in [0.29, 0.717) is 5.58 Å². The number of hydrogen-bond donors (Lipinski definition) is 0. The number of furan rings is 1. The molecule has 3 aromatic carbocycles. The number of anilines is 2. The first kappa shape index (κ1) is 15.9. The fourth-order valence-corrected chi connectivity index (χ4v) is 3.91. The first-order valence-corrected chi connectivity index (χ1v) is 9.05. The Labute approximate surface area is 156 Å². The van der Waals surface area contributed by atoms with Crippen molar-refractivity contribution in [2.45, 2.75) is 20.0 Å². The smallest absolute Gasteiger partial charge is 0.159 e. The van der Waals surface area contributed by atoms with Crippen molar-refractivity contribution in [3.8, 4) is 0 Å². The van der Waals surface area contributed by atoms with E-state index in [1.807, 2.05) is 18.2 Å². The van der Waals surface area contributed by atoms with Gasteiger partial charge in [-0.05, 0) is 43.7 Å². The normalized spacial score (nSPS) is 16.8. The lowest BCUT2D eigenvalue weighted by Crippen LogP contribution is -2.36. The second-order valence-corrected chi connectivity index (χ2v) is 6.93. The predicted molar refractivity (Wildman–Crippen MR) is 108 cm³/mol. The zero-order chi connectivity index (χ0) is 18.5. The van der Waals surface area contributed by atoms with E-state index in [0.717, 1.165) is 33.3 Å². The van der Waals surface area contributed by atoms with Crippen molar-refractivity contribution in [1.82, 2.24) is 0 Å². The zero-order valence-corrected chi connectivity index (χ0v) is 15.2. The molecule has 0 aliphatic carbocycles. The molecular weight excluding hydrogens is 339 g/mol. The quantitative estimate of drug-likeness (QED) is 0.427. The van der Waals surface area contributed by atoms with Crippen LogP contribution >= 0.6 is 0 Å². The van der Waals surface area contributed by atoms with Crippen LogP contribution < -0.4 is 9.80 Å². The SMILES string of the molecule is Cc1ccc2c(oc3cc(F)ccc32)c1N1C=CN(c2ccccc2)C1C. The van der Waals surface area contributed by atoms with Gasteiger partial charge in [-0.15, -0.1) is 0 Å². The minimum atomic E-state index is -0.287. The Morgan fingerprint density at radius 3 is 2.44 bits per heavy atom. The highest BCUT2D eigenvalue weighted by atomic mass is 19.1. The Hall–Kier alpha value is -3.27. The Morgan fingerprint density at radius 2 is 1.63 bits per heavy atom. The number of halogens is 1. The van der Waals surface area contributed by atoms with Crippen LogP contribution in [0.5, 0.6) is 0 Å². The molecule has 0 saturated carbocycles. The van der Waals surface area contributed by atoms with Crippen LogP contribution in [0, 0.1) is 12.7 Å². The Balaban J connectivity index is 1.66. The molecule has 0 radical (unpaired) electrons. The maximum Gasteiger partial charge on any atom is 0.159 e. The van der Waals surface area contributed by atoms with Gasteiger partial charge in [0.2, 0.25) is 0 Å². The summed E-state index contributed by atoms with van der Waals surface area (Å²) in [6, 6.07) is 19.2. The van der Waals surface area contributed by atoms with Gasteiger partial charge in [-0.25, -0.2) is 4.39 Å². The van der Waals surface area contributed by atoms with Gasteiger partial charge in [0.1, 0.15) is 17.6 Å². The van der Waals surface area contributed by atoms with Gasteiger partial charge in [0.05, 0.1) is 5.69 Å². The average Bonchev–Trinajstić information content (AvgIpc) is 3.22. The molecular formula is C23H19FN2O. The molecule has 1 aromatic heterocycles. The number of hydrogen-bond acceptors (Lipinski definition) is 3. The Kier molecular flexibility index (Phi) is 3.47. The molecule has 3 nitrogen and oxygen atoms in total. The molecule has 5 rings (SSSR count). The van der Waals surface area contributed by atoms with Crippen molar-refractivity contribution in [1.29, 1.82) is 0 Å². The number of rotatable bonds is 2. The van der Waals surface area contributed by atoms with Gasteiger partial charge >= 0.3 is 0 Å². The van der Waals surface area contributed by atoms with E-state index < -0.39 is 0 Å². The molecule has 0 spiro atoms. The van der Waals surface area contributed by atoms with Crippen LogP contribution in [0.1, 0.15) is 12.5 Å². The Morgan fingerprint density at radius 1 is 0.889 bits per heavy atom. The van der Waals surface area contributed by atoms with Gasteiger partial charge in [0.15, 0.2) is 5.58 Å². The molecule has 1 unspecified atom stereocenters. The molecule has 0 bridgehead atoms. The summed E-state index contributed by atoms with van der Waals surface area (Å²) >= 11 is 0. The maximum absolute atomic E-state index is 13.7. The van der Waals surface area contributed by atoms with E-state index >= 15 is 0 Å². The third-order valence-corrected chi connectivity index (χ3v) is 5.28. The summed E-state index contributed by atoms with van der Waals surface area (Å²) in [5.41, 5.74) is 4.65. The van der Waals surface area contributed by atoms with Crippen LogP contribution in [0.3, 0.4) is 0 Å². The van der Waals surface area contributed by atoms with Gasteiger partial charge in [0.25, 0.3) is 0 Å². The van der Waals surface area contributed by atoms with Gasteiger partial charge in [-0.1, -0.05) is 30.3 Å². The highest BCUT2D eigenvalue weighted by Gasteiger charge is 2.28. The molecule has 134 valence electrons. The van der Waals surface area contributed by atoms with Crippen LogP contribution in [0.2, 0.25) is 0 Å². The third kappa shape index (κ3) is 2.40. The summed E-state index contributed by atoms with van der Waals surface area (Å²) in [5, 5.41) is 1.94. The summed E-state index contributed by atoms with van der Waals surface area (Å²) in [4.78, 5) is 4.43. The second-order valence-electron chi connectivity index (χ2n) is 6.93. The van der Waals surface area contributed by atoms with Crippen LogP contribution in [0.15, 0.2) is 77.5 Å². The van der Waals surface area contributed by atoms with Crippen LogP contribution in [-0.4, -0.2) is 6.17 Å². The molecule has 0 N–H and O–H groups in total. The van der Waals surface area contributed by atoms with E-state index in [2.05, 4.69) is 60.3 Å². The molecule has 1 aliphatic heterocycles. The molecule has 27 heavy (non-hydrogen) atoms. The van der Waals surface area contributed by atoms with Gasteiger partial charge < -0.3 is 14.2 Å². The second kappa shape index (κ2) is 5.88. The first-order chi connectivity index (χ1) is 13.1. The molecule has 0 amide bonds. The lowest BCUT2D eigenvalue weighted by molar-refractivity contribution is 0.617. The van der Waals surface area contributed by atoms with Crippen molar-refractivity contribution in [2.24, 2.45) is 0 Å². The summed E-state index contributed by atoms with van der Waals surface area (Å²) in [6.07, 6.45) is 4.26. The Bertz CT molecular complexity index is 1180. The monoisotopic (exact) mass is 358 g/mol. The van der Waals surface area contributed by atoms with E-state index in [9.17, 15) is 4.39 Å². The topological polar surface area (TPSA) is 19.6 Å². The molecule has 1 aliphatic rings. The number of fused-ring (bicyclic) bond motifs is 3. The lowest BCUT2D eigenvalue weighted by atomic mass is 10.1. The largest absolute Gasteiger partial charge is 0.454 e. The van der Waals surface area contributed by atoms with Crippen LogP contribution in [0.25, 0.3) is 21.9 Å². The first-order valence-electron chi connectivity index (χ1n) is 9.05. The number of nitrogens with zero attached hydrogens (tertiary/aromatic N) is 2.